The zero-order chi connectivity index (χ0) is 26.2. The van der Waals surface area contributed by atoms with Crippen LogP contribution < -0.4 is 5.63 Å². The largest absolute Gasteiger partial charge is 0.431 e. The molecular weight excluding hydrogens is 472 g/mol. The van der Waals surface area contributed by atoms with Crippen molar-refractivity contribution in [3.05, 3.63) is 46.0 Å². The molecule has 7 nitrogen and oxygen atoms in total. The van der Waals surface area contributed by atoms with Crippen molar-refractivity contribution in [3.8, 4) is 0 Å². The molecule has 4 fully saturated rings. The minimum absolute atomic E-state index is 0.0347. The molecule has 9 unspecified atom stereocenters. The van der Waals surface area contributed by atoms with Gasteiger partial charge in [0.25, 0.3) is 0 Å². The third-order valence-electron chi connectivity index (χ3n) is 11.4. The van der Waals surface area contributed by atoms with E-state index in [1.165, 1.54) is 11.6 Å². The highest BCUT2D eigenvalue weighted by Gasteiger charge is 2.66. The Balaban J connectivity index is 1.21. The smallest absolute Gasteiger partial charge is 0.335 e. The van der Waals surface area contributed by atoms with Crippen molar-refractivity contribution < 1.29 is 29.2 Å². The predicted molar refractivity (Wildman–Crippen MR) is 137 cm³/mol. The molecule has 0 bridgehead atoms. The van der Waals surface area contributed by atoms with Crippen molar-refractivity contribution in [2.75, 3.05) is 0 Å². The quantitative estimate of drug-likeness (QED) is 0.522. The number of allylic oxidation sites excluding steroid dienone is 1. The van der Waals surface area contributed by atoms with E-state index in [9.17, 15) is 20.1 Å². The van der Waals surface area contributed by atoms with E-state index < -0.39 is 24.1 Å². The van der Waals surface area contributed by atoms with Gasteiger partial charge in [-0.15, -0.1) is 0 Å². The van der Waals surface area contributed by atoms with Gasteiger partial charge in [0, 0.05) is 17.9 Å². The predicted octanol–water partition coefficient (Wildman–Crippen LogP) is 4.04. The minimum atomic E-state index is -0.827. The summed E-state index contributed by atoms with van der Waals surface area (Å²) in [4.78, 5) is 11.5. The van der Waals surface area contributed by atoms with Crippen LogP contribution in [-0.2, 0) is 9.47 Å². The maximum absolute atomic E-state index is 12.4. The van der Waals surface area contributed by atoms with Crippen LogP contribution in [0.4, 0.5) is 0 Å². The highest BCUT2D eigenvalue weighted by Crippen LogP contribution is 2.70. The van der Waals surface area contributed by atoms with Crippen molar-refractivity contribution in [1.29, 1.82) is 0 Å². The van der Waals surface area contributed by atoms with Crippen LogP contribution in [0.25, 0.3) is 0 Å². The van der Waals surface area contributed by atoms with E-state index in [4.69, 9.17) is 13.9 Å². The molecule has 1 aromatic heterocycles. The Bertz CT molecular complexity index is 1090. The van der Waals surface area contributed by atoms with E-state index in [-0.39, 0.29) is 46.9 Å². The molecular formula is C30H42O7. The Kier molecular flexibility index (Phi) is 6.28. The normalized spacial score (nSPS) is 49.5. The molecule has 1 aromatic rings. The van der Waals surface area contributed by atoms with Gasteiger partial charge in [0.15, 0.2) is 6.29 Å². The maximum atomic E-state index is 12.4. The molecule has 0 amide bonds. The zero-order valence-electron chi connectivity index (χ0n) is 22.3. The van der Waals surface area contributed by atoms with Crippen LogP contribution in [0.1, 0.15) is 90.0 Å². The molecule has 4 aliphatic carbocycles. The molecule has 204 valence electrons. The number of hydrogen-bond donors (Lipinski definition) is 3. The van der Waals surface area contributed by atoms with Crippen LogP contribution in [0.2, 0.25) is 0 Å². The number of ether oxygens (including phenoxy) is 2. The summed E-state index contributed by atoms with van der Waals surface area (Å²) in [6.07, 6.45) is 8.97. The van der Waals surface area contributed by atoms with E-state index in [2.05, 4.69) is 19.9 Å². The highest BCUT2D eigenvalue weighted by atomic mass is 16.7. The lowest BCUT2D eigenvalue weighted by atomic mass is 9.45. The number of aliphatic hydroxyl groups excluding tert-OH is 2. The van der Waals surface area contributed by atoms with Gasteiger partial charge >= 0.3 is 5.63 Å². The van der Waals surface area contributed by atoms with E-state index in [0.29, 0.717) is 5.92 Å². The number of aliphatic hydroxyl groups is 3. The lowest BCUT2D eigenvalue weighted by Crippen LogP contribution is -2.60. The molecule has 11 atom stereocenters. The summed E-state index contributed by atoms with van der Waals surface area (Å²) in [5.41, 5.74) is 1.20. The second-order valence-corrected chi connectivity index (χ2v) is 13.0. The molecule has 2 heterocycles. The third-order valence-corrected chi connectivity index (χ3v) is 11.4. The van der Waals surface area contributed by atoms with Crippen molar-refractivity contribution in [1.82, 2.24) is 0 Å². The van der Waals surface area contributed by atoms with Crippen LogP contribution in [0.5, 0.6) is 0 Å². The first-order valence-corrected chi connectivity index (χ1v) is 14.2. The molecule has 3 saturated carbocycles. The second-order valence-electron chi connectivity index (χ2n) is 13.0. The first kappa shape index (κ1) is 25.8. The molecule has 1 aliphatic heterocycles. The Morgan fingerprint density at radius 1 is 1.00 bits per heavy atom. The first-order valence-electron chi connectivity index (χ1n) is 14.2. The minimum Gasteiger partial charge on any atom is -0.431 e. The number of hydrogen-bond acceptors (Lipinski definition) is 7. The molecule has 0 spiro atoms. The molecule has 1 saturated heterocycles. The summed E-state index contributed by atoms with van der Waals surface area (Å²) in [5, 5.41) is 32.8. The van der Waals surface area contributed by atoms with Crippen LogP contribution in [-0.4, -0.2) is 51.6 Å². The number of fused-ring (bicyclic) bond motifs is 5. The van der Waals surface area contributed by atoms with Crippen molar-refractivity contribution in [3.63, 3.8) is 0 Å². The van der Waals surface area contributed by atoms with Gasteiger partial charge in [-0.05, 0) is 93.1 Å². The van der Waals surface area contributed by atoms with Crippen molar-refractivity contribution >= 4 is 0 Å². The Labute approximate surface area is 218 Å². The summed E-state index contributed by atoms with van der Waals surface area (Å²) >= 11 is 0. The lowest BCUT2D eigenvalue weighted by Gasteiger charge is -2.62. The topological polar surface area (TPSA) is 109 Å². The van der Waals surface area contributed by atoms with Gasteiger partial charge in [0.1, 0.15) is 6.10 Å². The average Bonchev–Trinajstić information content (AvgIpc) is 3.14. The first-order chi connectivity index (χ1) is 17.5. The summed E-state index contributed by atoms with van der Waals surface area (Å²) in [5.74, 6) is 0.864. The molecule has 3 N–H and O–H groups in total. The second kappa shape index (κ2) is 9.02. The van der Waals surface area contributed by atoms with Crippen LogP contribution in [0.15, 0.2) is 39.3 Å². The summed E-state index contributed by atoms with van der Waals surface area (Å²) < 4.78 is 17.2. The molecule has 37 heavy (non-hydrogen) atoms. The Morgan fingerprint density at radius 2 is 1.81 bits per heavy atom. The fourth-order valence-electron chi connectivity index (χ4n) is 9.11. The van der Waals surface area contributed by atoms with Gasteiger partial charge in [-0.2, -0.15) is 0 Å². The molecule has 6 rings (SSSR count). The fourth-order valence-corrected chi connectivity index (χ4v) is 9.11. The van der Waals surface area contributed by atoms with Gasteiger partial charge in [-0.3, -0.25) is 0 Å². The molecule has 0 radical (unpaired) electrons. The third kappa shape index (κ3) is 3.91. The summed E-state index contributed by atoms with van der Waals surface area (Å²) in [6, 6.07) is 3.39. The SMILES string of the molecule is C[C@@H]1OC(OC2C=C3CCC4C(CCC5(C)C(c6ccc(=O)oc6)CCC45O)C3(C)CC2)[C@H](O)CC1O. The molecule has 7 heteroatoms. The average molecular weight is 515 g/mol. The molecule has 5 aliphatic rings. The van der Waals surface area contributed by atoms with Gasteiger partial charge in [0.05, 0.1) is 30.2 Å². The van der Waals surface area contributed by atoms with Crippen LogP contribution in [0.3, 0.4) is 0 Å². The van der Waals surface area contributed by atoms with E-state index in [0.717, 1.165) is 56.9 Å². The Morgan fingerprint density at radius 3 is 2.57 bits per heavy atom. The zero-order valence-corrected chi connectivity index (χ0v) is 22.3. The maximum Gasteiger partial charge on any atom is 0.335 e. The monoisotopic (exact) mass is 514 g/mol. The van der Waals surface area contributed by atoms with Gasteiger partial charge in [-0.1, -0.05) is 25.5 Å². The highest BCUT2D eigenvalue weighted by molar-refractivity contribution is 5.31. The van der Waals surface area contributed by atoms with Crippen molar-refractivity contribution in [2.45, 2.75) is 121 Å². The summed E-state index contributed by atoms with van der Waals surface area (Å²) in [7, 11) is 0. The number of rotatable bonds is 3. The fraction of sp³-hybridized carbons (Fsp3) is 0.767. The van der Waals surface area contributed by atoms with E-state index in [1.807, 2.05) is 13.0 Å². The van der Waals surface area contributed by atoms with Gasteiger partial charge in [-0.25, -0.2) is 4.79 Å². The van der Waals surface area contributed by atoms with Crippen LogP contribution >= 0.6 is 0 Å². The van der Waals surface area contributed by atoms with Crippen LogP contribution in [0, 0.1) is 22.7 Å². The summed E-state index contributed by atoms with van der Waals surface area (Å²) in [6.45, 7) is 6.46. The standard InChI is InChI=1S/C30H42O7/c1-17-24(31)15-25(32)27(36-17)37-20-8-11-28(2)19(14-20)5-6-23-22(28)9-12-29(3)21(10-13-30(23,29)34)18-4-7-26(33)35-16-18/h4,7,14,16-17,20-25,27,31-32,34H,5-6,8-13,15H2,1-3H3/t17-,20?,21?,22?,23?,24?,25+,27?,28?,29?,30?/m0/s1. The lowest BCUT2D eigenvalue weighted by molar-refractivity contribution is -0.271. The Hall–Kier alpha value is -1.51. The van der Waals surface area contributed by atoms with Gasteiger partial charge in [0.2, 0.25) is 0 Å². The molecule has 0 aromatic carbocycles. The van der Waals surface area contributed by atoms with Crippen molar-refractivity contribution in [2.24, 2.45) is 22.7 Å². The van der Waals surface area contributed by atoms with Gasteiger partial charge < -0.3 is 29.2 Å². The van der Waals surface area contributed by atoms with E-state index in [1.54, 1.807) is 6.26 Å². The van der Waals surface area contributed by atoms with E-state index >= 15 is 0 Å².